The quantitative estimate of drug-likeness (QED) is 0.921. The first-order valence-electron chi connectivity index (χ1n) is 8.66. The Balaban J connectivity index is 1.40. The first kappa shape index (κ1) is 14.7. The monoisotopic (exact) mass is 312 g/mol. The lowest BCUT2D eigenvalue weighted by molar-refractivity contribution is 0.410. The molecule has 1 aromatic carbocycles. The van der Waals surface area contributed by atoms with Crippen molar-refractivity contribution in [2.24, 2.45) is 0 Å². The second-order valence-electron chi connectivity index (χ2n) is 6.50. The van der Waals surface area contributed by atoms with Crippen molar-refractivity contribution in [2.75, 3.05) is 13.7 Å². The van der Waals surface area contributed by atoms with E-state index in [1.54, 1.807) is 7.11 Å². The van der Waals surface area contributed by atoms with Gasteiger partial charge in [0.25, 0.3) is 0 Å². The van der Waals surface area contributed by atoms with Crippen molar-refractivity contribution < 1.29 is 4.74 Å². The van der Waals surface area contributed by atoms with Crippen molar-refractivity contribution in [3.8, 4) is 5.75 Å². The van der Waals surface area contributed by atoms with E-state index in [0.29, 0.717) is 6.04 Å². The van der Waals surface area contributed by atoms with Gasteiger partial charge in [0.05, 0.1) is 7.11 Å². The van der Waals surface area contributed by atoms with Gasteiger partial charge in [0, 0.05) is 32.0 Å². The summed E-state index contributed by atoms with van der Waals surface area (Å²) < 4.78 is 7.64. The average Bonchev–Trinajstić information content (AvgIpc) is 3.19. The molecule has 5 heteroatoms. The van der Waals surface area contributed by atoms with Crippen LogP contribution in [0.4, 0.5) is 0 Å². The Labute approximate surface area is 137 Å². The zero-order chi connectivity index (χ0) is 15.6. The summed E-state index contributed by atoms with van der Waals surface area (Å²) in [4.78, 5) is 0. The van der Waals surface area contributed by atoms with Gasteiger partial charge in [0.1, 0.15) is 17.4 Å². The number of benzene rings is 1. The summed E-state index contributed by atoms with van der Waals surface area (Å²) in [5.74, 6) is 3.26. The van der Waals surface area contributed by atoms with E-state index in [-0.39, 0.29) is 0 Å². The number of rotatable bonds is 5. The first-order valence-corrected chi connectivity index (χ1v) is 8.66. The summed E-state index contributed by atoms with van der Waals surface area (Å²) in [6, 6.07) is 6.93. The lowest BCUT2D eigenvalue weighted by atomic mass is 9.87. The lowest BCUT2D eigenvalue weighted by Crippen LogP contribution is -2.27. The largest absolute Gasteiger partial charge is 0.497 e. The van der Waals surface area contributed by atoms with Gasteiger partial charge in [0.15, 0.2) is 0 Å². The molecule has 2 heterocycles. The summed E-state index contributed by atoms with van der Waals surface area (Å²) in [7, 11) is 1.73. The molecule has 0 spiro atoms. The van der Waals surface area contributed by atoms with Gasteiger partial charge in [-0.15, -0.1) is 10.2 Å². The summed E-state index contributed by atoms with van der Waals surface area (Å²) in [5, 5.41) is 12.4. The maximum atomic E-state index is 5.35. The van der Waals surface area contributed by atoms with E-state index in [1.165, 1.54) is 30.4 Å². The van der Waals surface area contributed by atoms with Crippen molar-refractivity contribution in [1.29, 1.82) is 0 Å². The molecule has 5 nitrogen and oxygen atoms in total. The Morgan fingerprint density at radius 3 is 3.13 bits per heavy atom. The molecule has 0 radical (unpaired) electrons. The molecular formula is C18H24N4O. The van der Waals surface area contributed by atoms with Crippen LogP contribution >= 0.6 is 0 Å². The third-order valence-corrected chi connectivity index (χ3v) is 5.09. The van der Waals surface area contributed by atoms with Crippen LogP contribution in [0.2, 0.25) is 0 Å². The minimum Gasteiger partial charge on any atom is -0.497 e. The Morgan fingerprint density at radius 1 is 1.26 bits per heavy atom. The number of aromatic nitrogens is 3. The number of fused-ring (bicyclic) bond motifs is 2. The fourth-order valence-corrected chi connectivity index (χ4v) is 3.88. The van der Waals surface area contributed by atoms with E-state index in [2.05, 4.69) is 38.3 Å². The van der Waals surface area contributed by atoms with Crippen LogP contribution in [0.15, 0.2) is 18.2 Å². The molecule has 0 saturated heterocycles. The number of hydrogen-bond donors (Lipinski definition) is 1. The highest BCUT2D eigenvalue weighted by molar-refractivity contribution is 5.39. The van der Waals surface area contributed by atoms with Gasteiger partial charge in [-0.05, 0) is 48.9 Å². The summed E-state index contributed by atoms with van der Waals surface area (Å²) in [5.41, 5.74) is 2.86. The van der Waals surface area contributed by atoms with Gasteiger partial charge in [-0.1, -0.05) is 6.07 Å². The van der Waals surface area contributed by atoms with E-state index >= 15 is 0 Å². The highest BCUT2D eigenvalue weighted by Crippen LogP contribution is 2.32. The van der Waals surface area contributed by atoms with Gasteiger partial charge < -0.3 is 14.6 Å². The van der Waals surface area contributed by atoms with Crippen molar-refractivity contribution in [3.05, 3.63) is 41.0 Å². The fourth-order valence-electron chi connectivity index (χ4n) is 3.88. The van der Waals surface area contributed by atoms with Crippen molar-refractivity contribution in [1.82, 2.24) is 20.1 Å². The summed E-state index contributed by atoms with van der Waals surface area (Å²) >= 11 is 0. The number of nitrogens with one attached hydrogen (secondary N) is 1. The van der Waals surface area contributed by atoms with Crippen molar-refractivity contribution >= 4 is 0 Å². The van der Waals surface area contributed by atoms with Crippen LogP contribution in [-0.2, 0) is 25.8 Å². The van der Waals surface area contributed by atoms with Gasteiger partial charge in [-0.2, -0.15) is 0 Å². The topological polar surface area (TPSA) is 52.0 Å². The molecular weight excluding hydrogens is 288 g/mol. The summed E-state index contributed by atoms with van der Waals surface area (Å²) in [6.07, 6.45) is 6.84. The van der Waals surface area contributed by atoms with E-state index in [1.807, 2.05) is 0 Å². The third-order valence-electron chi connectivity index (χ3n) is 5.09. The Hall–Kier alpha value is -1.88. The summed E-state index contributed by atoms with van der Waals surface area (Å²) in [6.45, 7) is 2.04. The predicted octanol–water partition coefficient (Wildman–Crippen LogP) is 2.44. The predicted molar refractivity (Wildman–Crippen MR) is 88.7 cm³/mol. The molecule has 0 bridgehead atoms. The molecule has 1 N–H and O–H groups in total. The molecule has 0 unspecified atom stereocenters. The normalized spacial score (nSPS) is 19.4. The Bertz CT molecular complexity index is 694. The molecule has 0 fully saturated rings. The second kappa shape index (κ2) is 6.32. The highest BCUT2D eigenvalue weighted by Gasteiger charge is 2.21. The van der Waals surface area contributed by atoms with Gasteiger partial charge in [-0.25, -0.2) is 0 Å². The number of methoxy groups -OCH3 is 1. The molecule has 2 aromatic rings. The van der Waals surface area contributed by atoms with Crippen LogP contribution in [0.3, 0.4) is 0 Å². The van der Waals surface area contributed by atoms with E-state index < -0.39 is 0 Å². The third kappa shape index (κ3) is 2.85. The molecule has 1 aliphatic carbocycles. The fraction of sp³-hybridized carbons (Fsp3) is 0.556. The molecule has 1 atom stereocenters. The standard InChI is InChI=1S/C18H24N4O/c1-23-14-7-8-15-13(12-14)4-2-5-16(15)19-10-9-18-21-20-17-6-3-11-22(17)18/h7-8,12,16,19H,2-6,9-11H2,1H3/t16-/m1/s1. The van der Waals surface area contributed by atoms with Crippen LogP contribution in [0, 0.1) is 0 Å². The van der Waals surface area contributed by atoms with E-state index in [4.69, 9.17) is 4.74 Å². The van der Waals surface area contributed by atoms with Crippen LogP contribution in [0.25, 0.3) is 0 Å². The van der Waals surface area contributed by atoms with Gasteiger partial charge >= 0.3 is 0 Å². The van der Waals surface area contributed by atoms with Crippen molar-refractivity contribution in [2.45, 2.75) is 51.1 Å². The van der Waals surface area contributed by atoms with Crippen molar-refractivity contribution in [3.63, 3.8) is 0 Å². The molecule has 0 saturated carbocycles. The first-order chi connectivity index (χ1) is 11.3. The molecule has 1 aliphatic heterocycles. The molecule has 23 heavy (non-hydrogen) atoms. The highest BCUT2D eigenvalue weighted by atomic mass is 16.5. The number of nitrogens with zero attached hydrogens (tertiary/aromatic N) is 3. The van der Waals surface area contributed by atoms with E-state index in [0.717, 1.165) is 49.8 Å². The zero-order valence-corrected chi connectivity index (χ0v) is 13.7. The molecule has 2 aliphatic rings. The minimum absolute atomic E-state index is 0.450. The average molecular weight is 312 g/mol. The Kier molecular flexibility index (Phi) is 4.04. The molecule has 4 rings (SSSR count). The maximum Gasteiger partial charge on any atom is 0.134 e. The van der Waals surface area contributed by atoms with Gasteiger partial charge in [-0.3, -0.25) is 0 Å². The number of aryl methyl sites for hydroxylation is 2. The SMILES string of the molecule is COc1ccc2c(c1)CCC[C@H]2NCCc1nnc2n1CCC2. The number of hydrogen-bond acceptors (Lipinski definition) is 4. The van der Waals surface area contributed by atoms with Gasteiger partial charge in [0.2, 0.25) is 0 Å². The molecule has 0 amide bonds. The van der Waals surface area contributed by atoms with Crippen LogP contribution in [0.1, 0.15) is 48.1 Å². The molecule has 122 valence electrons. The van der Waals surface area contributed by atoms with Crippen LogP contribution in [0.5, 0.6) is 5.75 Å². The molecule has 1 aromatic heterocycles. The zero-order valence-electron chi connectivity index (χ0n) is 13.7. The minimum atomic E-state index is 0.450. The Morgan fingerprint density at radius 2 is 2.22 bits per heavy atom. The maximum absolute atomic E-state index is 5.35. The van der Waals surface area contributed by atoms with E-state index in [9.17, 15) is 0 Å². The second-order valence-corrected chi connectivity index (χ2v) is 6.50. The number of ether oxygens (including phenoxy) is 1. The lowest BCUT2D eigenvalue weighted by Gasteiger charge is -2.27. The smallest absolute Gasteiger partial charge is 0.134 e. The van der Waals surface area contributed by atoms with Crippen LogP contribution < -0.4 is 10.1 Å². The van der Waals surface area contributed by atoms with Crippen LogP contribution in [-0.4, -0.2) is 28.4 Å².